The number of ether oxygens (including phenoxy) is 2. The van der Waals surface area contributed by atoms with Crippen molar-refractivity contribution >= 4 is 5.97 Å². The number of hydrogen-bond acceptors (Lipinski definition) is 3. The molecule has 0 aromatic carbocycles. The standard InChI is InChI=1S/C25H38O3/c1-16(2)10-14-27-21-6-5-19-18-8-13-25-15-17(28-22(25)26)7-12-24(25,4)20(18)9-11-23(19,21)3/h10,17-21H,5-9,11-15H2,1-4H3/t17-,18?,19?,20?,21?,23-,24+,25+/m0/s1. The molecule has 0 radical (unpaired) electrons. The van der Waals surface area contributed by atoms with E-state index in [-0.39, 0.29) is 22.9 Å². The smallest absolute Gasteiger partial charge is 0.313 e. The molecule has 4 saturated carbocycles. The fourth-order valence-corrected chi connectivity index (χ4v) is 8.59. The molecule has 0 amide bonds. The van der Waals surface area contributed by atoms with Crippen LogP contribution in [0.3, 0.4) is 0 Å². The van der Waals surface area contributed by atoms with Crippen LogP contribution in [0.1, 0.15) is 85.5 Å². The van der Waals surface area contributed by atoms with Crippen molar-refractivity contribution in [2.75, 3.05) is 6.61 Å². The van der Waals surface area contributed by atoms with Crippen molar-refractivity contribution in [3.63, 3.8) is 0 Å². The molecule has 0 aromatic rings. The monoisotopic (exact) mass is 386 g/mol. The van der Waals surface area contributed by atoms with Gasteiger partial charge >= 0.3 is 5.97 Å². The van der Waals surface area contributed by atoms with Gasteiger partial charge in [-0.25, -0.2) is 0 Å². The Morgan fingerprint density at radius 1 is 1.07 bits per heavy atom. The minimum Gasteiger partial charge on any atom is -0.462 e. The van der Waals surface area contributed by atoms with Gasteiger partial charge in [-0.3, -0.25) is 4.79 Å². The van der Waals surface area contributed by atoms with Gasteiger partial charge in [-0.2, -0.15) is 0 Å². The van der Waals surface area contributed by atoms with Gasteiger partial charge in [0.05, 0.1) is 18.1 Å². The average molecular weight is 387 g/mol. The van der Waals surface area contributed by atoms with E-state index in [0.717, 1.165) is 37.7 Å². The van der Waals surface area contributed by atoms with Gasteiger partial charge in [0.2, 0.25) is 0 Å². The topological polar surface area (TPSA) is 35.5 Å². The minimum absolute atomic E-state index is 0.152. The Labute approximate surface area is 170 Å². The highest BCUT2D eigenvalue weighted by atomic mass is 16.6. The molecule has 28 heavy (non-hydrogen) atoms. The molecule has 5 aliphatic rings. The summed E-state index contributed by atoms with van der Waals surface area (Å²) in [5.41, 5.74) is 1.66. The zero-order valence-electron chi connectivity index (χ0n) is 18.3. The Bertz CT molecular complexity index is 694. The van der Waals surface area contributed by atoms with Gasteiger partial charge in [0, 0.05) is 6.42 Å². The van der Waals surface area contributed by atoms with E-state index in [0.29, 0.717) is 17.4 Å². The highest BCUT2D eigenvalue weighted by Gasteiger charge is 2.70. The van der Waals surface area contributed by atoms with Crippen molar-refractivity contribution in [3.05, 3.63) is 11.6 Å². The van der Waals surface area contributed by atoms with Crippen molar-refractivity contribution < 1.29 is 14.3 Å². The van der Waals surface area contributed by atoms with Crippen LogP contribution in [0, 0.1) is 34.0 Å². The lowest BCUT2D eigenvalue weighted by Crippen LogP contribution is -2.59. The van der Waals surface area contributed by atoms with Gasteiger partial charge in [0.25, 0.3) is 0 Å². The molecular formula is C25H38O3. The molecule has 0 aromatic heterocycles. The van der Waals surface area contributed by atoms with E-state index < -0.39 is 0 Å². The summed E-state index contributed by atoms with van der Waals surface area (Å²) in [7, 11) is 0. The first-order chi connectivity index (χ1) is 13.3. The molecule has 156 valence electrons. The van der Waals surface area contributed by atoms with Crippen LogP contribution < -0.4 is 0 Å². The molecule has 3 nitrogen and oxygen atoms in total. The van der Waals surface area contributed by atoms with Crippen LogP contribution in [-0.2, 0) is 14.3 Å². The Kier molecular flexibility index (Phi) is 4.33. The highest BCUT2D eigenvalue weighted by Crippen LogP contribution is 2.71. The van der Waals surface area contributed by atoms with Gasteiger partial charge in [-0.05, 0) is 93.8 Å². The Morgan fingerprint density at radius 2 is 1.89 bits per heavy atom. The molecular weight excluding hydrogens is 348 g/mol. The zero-order valence-corrected chi connectivity index (χ0v) is 18.3. The molecule has 1 heterocycles. The second kappa shape index (κ2) is 6.33. The normalized spacial score (nSPS) is 51.7. The first-order valence-electron chi connectivity index (χ1n) is 11.8. The second-order valence-electron chi connectivity index (χ2n) is 11.4. The molecule has 5 rings (SSSR count). The predicted octanol–water partition coefficient (Wildman–Crippen LogP) is 5.68. The van der Waals surface area contributed by atoms with Crippen molar-refractivity contribution in [2.45, 2.75) is 97.7 Å². The SMILES string of the molecule is CC(C)=CCOC1CCC2C3CC[C@]45C[C@H](CC[C@]4(C)C3CC[C@]12C)OC5=O. The second-order valence-corrected chi connectivity index (χ2v) is 11.4. The first kappa shape index (κ1) is 19.2. The van der Waals surface area contributed by atoms with E-state index in [4.69, 9.17) is 9.47 Å². The predicted molar refractivity (Wildman–Crippen MR) is 110 cm³/mol. The van der Waals surface area contributed by atoms with Gasteiger partial charge in [-0.15, -0.1) is 0 Å². The highest BCUT2D eigenvalue weighted by molar-refractivity contribution is 5.81. The average Bonchev–Trinajstić information content (AvgIpc) is 3.12. The number of carbonyl (C=O) groups is 1. The molecule has 1 saturated heterocycles. The summed E-state index contributed by atoms with van der Waals surface area (Å²) in [6.07, 6.45) is 13.5. The van der Waals surface area contributed by atoms with E-state index in [2.05, 4.69) is 33.8 Å². The Hall–Kier alpha value is -0.830. The summed E-state index contributed by atoms with van der Waals surface area (Å²) in [4.78, 5) is 13.0. The molecule has 1 spiro atoms. The number of hydrogen-bond donors (Lipinski definition) is 0. The Morgan fingerprint density at radius 3 is 2.68 bits per heavy atom. The van der Waals surface area contributed by atoms with Crippen LogP contribution in [0.15, 0.2) is 11.6 Å². The number of esters is 1. The maximum Gasteiger partial charge on any atom is 0.313 e. The van der Waals surface area contributed by atoms with Crippen LogP contribution in [0.4, 0.5) is 0 Å². The number of rotatable bonds is 3. The van der Waals surface area contributed by atoms with Crippen molar-refractivity contribution in [1.82, 2.24) is 0 Å². The van der Waals surface area contributed by atoms with E-state index in [1.54, 1.807) is 0 Å². The largest absolute Gasteiger partial charge is 0.462 e. The lowest BCUT2D eigenvalue weighted by molar-refractivity contribution is -0.176. The van der Waals surface area contributed by atoms with Gasteiger partial charge in [0.15, 0.2) is 0 Å². The van der Waals surface area contributed by atoms with E-state index >= 15 is 0 Å². The summed E-state index contributed by atoms with van der Waals surface area (Å²) in [5, 5.41) is 0. The molecule has 8 atom stereocenters. The lowest BCUT2D eigenvalue weighted by atomic mass is 9.40. The maximum atomic E-state index is 13.0. The number of fused-ring (bicyclic) bond motifs is 5. The summed E-state index contributed by atoms with van der Waals surface area (Å²) in [6.45, 7) is 10.0. The molecule has 3 heteroatoms. The summed E-state index contributed by atoms with van der Waals surface area (Å²) in [5.74, 6) is 2.39. The maximum absolute atomic E-state index is 13.0. The van der Waals surface area contributed by atoms with Crippen molar-refractivity contribution in [1.29, 1.82) is 0 Å². The Balaban J connectivity index is 1.39. The fourth-order valence-electron chi connectivity index (χ4n) is 8.59. The number of allylic oxidation sites excluding steroid dienone is 1. The molecule has 0 N–H and O–H groups in total. The van der Waals surface area contributed by atoms with Crippen molar-refractivity contribution in [3.8, 4) is 0 Å². The third-order valence-corrected chi connectivity index (χ3v) is 10.2. The third kappa shape index (κ3) is 2.41. The van der Waals surface area contributed by atoms with E-state index in [1.165, 1.54) is 44.1 Å². The molecule has 1 aliphatic heterocycles. The first-order valence-corrected chi connectivity index (χ1v) is 11.8. The van der Waals surface area contributed by atoms with Crippen LogP contribution >= 0.6 is 0 Å². The summed E-state index contributed by atoms with van der Waals surface area (Å²) < 4.78 is 12.2. The lowest BCUT2D eigenvalue weighted by Gasteiger charge is -2.62. The van der Waals surface area contributed by atoms with Crippen molar-refractivity contribution in [2.24, 2.45) is 34.0 Å². The molecule has 4 aliphatic carbocycles. The fraction of sp³-hybridized carbons (Fsp3) is 0.880. The van der Waals surface area contributed by atoms with Gasteiger partial charge in [-0.1, -0.05) is 25.5 Å². The van der Waals surface area contributed by atoms with Crippen LogP contribution in [0.25, 0.3) is 0 Å². The van der Waals surface area contributed by atoms with Crippen LogP contribution in [0.2, 0.25) is 0 Å². The van der Waals surface area contributed by atoms with Gasteiger partial charge in [0.1, 0.15) is 6.10 Å². The summed E-state index contributed by atoms with van der Waals surface area (Å²) >= 11 is 0. The van der Waals surface area contributed by atoms with Crippen LogP contribution in [-0.4, -0.2) is 24.8 Å². The quantitative estimate of drug-likeness (QED) is 0.463. The van der Waals surface area contributed by atoms with Crippen LogP contribution in [0.5, 0.6) is 0 Å². The van der Waals surface area contributed by atoms with E-state index in [1.807, 2.05) is 0 Å². The summed E-state index contributed by atoms with van der Waals surface area (Å²) in [6, 6.07) is 0. The third-order valence-electron chi connectivity index (χ3n) is 10.2. The molecule has 5 fully saturated rings. The van der Waals surface area contributed by atoms with E-state index in [9.17, 15) is 4.79 Å². The zero-order chi connectivity index (χ0) is 19.7. The van der Waals surface area contributed by atoms with Gasteiger partial charge < -0.3 is 9.47 Å². The molecule has 4 unspecified atom stereocenters. The minimum atomic E-state index is -0.164. The molecule has 2 bridgehead atoms. The number of carbonyl (C=O) groups excluding carboxylic acids is 1.